The molecule has 1 atom stereocenters. The predicted octanol–water partition coefficient (Wildman–Crippen LogP) is 1.67. The van der Waals surface area contributed by atoms with Crippen LogP contribution in [0.15, 0.2) is 29.3 Å². The third kappa shape index (κ3) is 9.49. The van der Waals surface area contributed by atoms with E-state index in [0.29, 0.717) is 6.61 Å². The Hall–Kier alpha value is -1.99. The first-order valence-corrected chi connectivity index (χ1v) is 9.60. The van der Waals surface area contributed by atoms with Crippen LogP contribution in [0.3, 0.4) is 0 Å². The Bertz CT molecular complexity index is 592. The van der Waals surface area contributed by atoms with Gasteiger partial charge in [0.1, 0.15) is 12.4 Å². The zero-order valence-corrected chi connectivity index (χ0v) is 16.9. The van der Waals surface area contributed by atoms with Gasteiger partial charge in [-0.1, -0.05) is 6.07 Å². The number of nitrogens with one attached hydrogen (secondary N) is 2. The Kier molecular flexibility index (Phi) is 11.3. The Balaban J connectivity index is 2.68. The van der Waals surface area contributed by atoms with Crippen LogP contribution in [0.25, 0.3) is 0 Å². The van der Waals surface area contributed by atoms with Gasteiger partial charge in [0, 0.05) is 12.7 Å². The minimum Gasteiger partial charge on any atom is -0.463 e. The maximum atomic E-state index is 13.3. The Morgan fingerprint density at radius 1 is 1.30 bits per heavy atom. The van der Waals surface area contributed by atoms with Crippen molar-refractivity contribution in [3.63, 3.8) is 0 Å². The predicted molar refractivity (Wildman–Crippen MR) is 105 cm³/mol. The summed E-state index contributed by atoms with van der Waals surface area (Å²) in [4.78, 5) is 18.4. The lowest BCUT2D eigenvalue weighted by Crippen LogP contribution is -3.11. The van der Waals surface area contributed by atoms with E-state index in [1.165, 1.54) is 18.2 Å². The highest BCUT2D eigenvalue weighted by Gasteiger charge is 2.13. The maximum absolute atomic E-state index is 13.3. The van der Waals surface area contributed by atoms with Crippen molar-refractivity contribution >= 4 is 11.9 Å². The van der Waals surface area contributed by atoms with Crippen LogP contribution < -0.4 is 10.2 Å². The van der Waals surface area contributed by atoms with Crippen molar-refractivity contribution in [3.05, 3.63) is 35.6 Å². The molecule has 0 spiro atoms. The van der Waals surface area contributed by atoms with Gasteiger partial charge < -0.3 is 14.4 Å². The van der Waals surface area contributed by atoms with Crippen LogP contribution in [-0.2, 0) is 9.47 Å². The quantitative estimate of drug-likeness (QED) is 0.348. The number of carbonyl (C=O) groups excluding carboxylic acids is 1. The number of quaternary nitrogens is 1. The van der Waals surface area contributed by atoms with Crippen molar-refractivity contribution in [1.82, 2.24) is 5.32 Å². The number of nitrogens with zero attached hydrogens (tertiary/aromatic N) is 1. The third-order valence-electron chi connectivity index (χ3n) is 4.32. The first-order valence-electron chi connectivity index (χ1n) is 9.60. The first kappa shape index (κ1) is 23.0. The van der Waals surface area contributed by atoms with E-state index in [0.717, 1.165) is 32.5 Å². The molecule has 0 heterocycles. The fourth-order valence-electron chi connectivity index (χ4n) is 2.64. The average molecular weight is 383 g/mol. The molecule has 0 aliphatic carbocycles. The van der Waals surface area contributed by atoms with Crippen LogP contribution in [0.4, 0.5) is 4.39 Å². The van der Waals surface area contributed by atoms with Gasteiger partial charge in [0.2, 0.25) is 0 Å². The lowest BCUT2D eigenvalue weighted by atomic mass is 10.2. The molecular weight excluding hydrogens is 349 g/mol. The summed E-state index contributed by atoms with van der Waals surface area (Å²) in [7, 11) is 1.57. The highest BCUT2D eigenvalue weighted by atomic mass is 19.1. The lowest BCUT2D eigenvalue weighted by molar-refractivity contribution is -0.896. The smallest absolute Gasteiger partial charge is 0.292 e. The number of amidine groups is 1. The van der Waals surface area contributed by atoms with E-state index in [-0.39, 0.29) is 24.2 Å². The second kappa shape index (κ2) is 13.2. The highest BCUT2D eigenvalue weighted by Crippen LogP contribution is 2.05. The normalized spacial score (nSPS) is 12.9. The van der Waals surface area contributed by atoms with Crippen LogP contribution in [0.1, 0.15) is 44.0 Å². The maximum Gasteiger partial charge on any atom is 0.292 e. The van der Waals surface area contributed by atoms with Gasteiger partial charge in [-0.2, -0.15) is 0 Å². The number of amides is 1. The molecule has 6 nitrogen and oxygen atoms in total. The number of ether oxygens (including phenoxy) is 2. The second-order valence-corrected chi connectivity index (χ2v) is 6.44. The molecule has 0 fully saturated rings. The molecule has 1 amide bonds. The van der Waals surface area contributed by atoms with E-state index >= 15 is 0 Å². The molecule has 0 radical (unpaired) electrons. The molecule has 0 unspecified atom stereocenters. The summed E-state index contributed by atoms with van der Waals surface area (Å²) in [5.74, 6) is -0.917. The molecule has 27 heavy (non-hydrogen) atoms. The molecule has 1 aromatic rings. The molecule has 0 aliphatic rings. The first-order chi connectivity index (χ1) is 13.0. The largest absolute Gasteiger partial charge is 0.463 e. The van der Waals surface area contributed by atoms with Crippen LogP contribution in [0, 0.1) is 5.82 Å². The minimum atomic E-state index is -0.464. The number of halogens is 1. The SMILES string of the molecule is CC[NH+](CC)CCC[C@H](C)N=C(NC(=O)c1cccc(F)c1)OCCOC. The number of hydrogen-bond acceptors (Lipinski definition) is 4. The van der Waals surface area contributed by atoms with E-state index in [2.05, 4.69) is 24.2 Å². The number of benzene rings is 1. The van der Waals surface area contributed by atoms with Crippen molar-refractivity contribution in [1.29, 1.82) is 0 Å². The number of rotatable bonds is 11. The van der Waals surface area contributed by atoms with Gasteiger partial charge in [-0.15, -0.1) is 0 Å². The molecule has 1 aromatic carbocycles. The topological polar surface area (TPSA) is 64.4 Å². The monoisotopic (exact) mass is 382 g/mol. The molecular formula is C20H33FN3O3+. The number of carbonyl (C=O) groups is 1. The minimum absolute atomic E-state index is 0.00492. The van der Waals surface area contributed by atoms with E-state index in [4.69, 9.17) is 9.47 Å². The van der Waals surface area contributed by atoms with Crippen molar-refractivity contribution < 1.29 is 23.6 Å². The molecule has 152 valence electrons. The van der Waals surface area contributed by atoms with E-state index in [1.807, 2.05) is 6.92 Å². The van der Waals surface area contributed by atoms with Gasteiger partial charge >= 0.3 is 0 Å². The number of aliphatic imine (C=N–C) groups is 1. The summed E-state index contributed by atoms with van der Waals surface area (Å²) in [6.07, 6.45) is 1.95. The fraction of sp³-hybridized carbons (Fsp3) is 0.600. The molecule has 0 bridgehead atoms. The van der Waals surface area contributed by atoms with Crippen LogP contribution in [-0.4, -0.2) is 57.9 Å². The third-order valence-corrected chi connectivity index (χ3v) is 4.32. The van der Waals surface area contributed by atoms with Crippen molar-refractivity contribution in [2.24, 2.45) is 4.99 Å². The van der Waals surface area contributed by atoms with Gasteiger partial charge in [0.15, 0.2) is 0 Å². The molecule has 7 heteroatoms. The summed E-state index contributed by atoms with van der Waals surface area (Å²) in [6, 6.07) is 5.65. The van der Waals surface area contributed by atoms with Crippen molar-refractivity contribution in [3.8, 4) is 0 Å². The van der Waals surface area contributed by atoms with Crippen molar-refractivity contribution in [2.75, 3.05) is 40.0 Å². The zero-order chi connectivity index (χ0) is 20.1. The summed E-state index contributed by atoms with van der Waals surface area (Å²) >= 11 is 0. The highest BCUT2D eigenvalue weighted by molar-refractivity contribution is 6.04. The average Bonchev–Trinajstić information content (AvgIpc) is 2.65. The Morgan fingerprint density at radius 3 is 2.67 bits per heavy atom. The van der Waals surface area contributed by atoms with Gasteiger partial charge in [-0.05, 0) is 51.8 Å². The van der Waals surface area contributed by atoms with Crippen LogP contribution >= 0.6 is 0 Å². The summed E-state index contributed by atoms with van der Waals surface area (Å²) in [5, 5.41) is 2.63. The molecule has 0 aliphatic heterocycles. The van der Waals surface area contributed by atoms with E-state index in [9.17, 15) is 9.18 Å². The van der Waals surface area contributed by atoms with Crippen molar-refractivity contribution in [2.45, 2.75) is 39.7 Å². The van der Waals surface area contributed by atoms with Gasteiger partial charge in [-0.3, -0.25) is 10.1 Å². The molecule has 0 aromatic heterocycles. The summed E-state index contributed by atoms with van der Waals surface area (Å²) in [6.45, 7) is 10.3. The van der Waals surface area contributed by atoms with Gasteiger partial charge in [0.25, 0.3) is 11.9 Å². The zero-order valence-electron chi connectivity index (χ0n) is 16.9. The van der Waals surface area contributed by atoms with Crippen LogP contribution in [0.5, 0.6) is 0 Å². The Labute approximate surface area is 161 Å². The van der Waals surface area contributed by atoms with Gasteiger partial charge in [0.05, 0.1) is 32.3 Å². The van der Waals surface area contributed by atoms with E-state index in [1.54, 1.807) is 18.1 Å². The summed E-state index contributed by atoms with van der Waals surface area (Å²) < 4.78 is 23.8. The fourth-order valence-corrected chi connectivity index (χ4v) is 2.64. The number of hydrogen-bond donors (Lipinski definition) is 2. The standard InChI is InChI=1S/C20H32FN3O3/c1-5-24(6-2)12-8-9-16(3)22-20(27-14-13-26-4)23-19(25)17-10-7-11-18(21)15-17/h7,10-11,15-16H,5-6,8-9,12-14H2,1-4H3,(H,22,23,25)/p+1/t16-/m0/s1. The van der Waals surface area contributed by atoms with Gasteiger partial charge in [-0.25, -0.2) is 9.38 Å². The van der Waals surface area contributed by atoms with E-state index < -0.39 is 11.7 Å². The lowest BCUT2D eigenvalue weighted by Gasteiger charge is -2.16. The second-order valence-electron chi connectivity index (χ2n) is 6.44. The summed E-state index contributed by atoms with van der Waals surface area (Å²) in [5.41, 5.74) is 0.218. The molecule has 2 N–H and O–H groups in total. The molecule has 0 saturated carbocycles. The molecule has 0 saturated heterocycles. The van der Waals surface area contributed by atoms with Crippen LogP contribution in [0.2, 0.25) is 0 Å². The Morgan fingerprint density at radius 2 is 2.04 bits per heavy atom. The molecule has 1 rings (SSSR count). The number of methoxy groups -OCH3 is 1.